The number of amides is 1. The molecule has 1 atom stereocenters. The molecule has 2 aromatic carbocycles. The number of aryl methyl sites for hydroxylation is 1. The minimum Gasteiger partial charge on any atom is -0.352 e. The van der Waals surface area contributed by atoms with E-state index in [0.29, 0.717) is 17.7 Å². The molecule has 0 aliphatic heterocycles. The molecule has 1 aliphatic carbocycles. The monoisotopic (exact) mass is 330 g/mol. The van der Waals surface area contributed by atoms with E-state index in [0.717, 1.165) is 18.4 Å². The molecule has 3 nitrogen and oxygen atoms in total. The molecule has 3 rings (SSSR count). The Kier molecular flexibility index (Phi) is 4.90. The van der Waals surface area contributed by atoms with Gasteiger partial charge in [-0.15, -0.1) is 0 Å². The molecule has 126 valence electrons. The first-order chi connectivity index (χ1) is 11.5. The summed E-state index contributed by atoms with van der Waals surface area (Å²) in [5, 5.41) is 6.16. The predicted octanol–water partition coefficient (Wildman–Crippen LogP) is 3.38. The van der Waals surface area contributed by atoms with Gasteiger partial charge >= 0.3 is 0 Å². The summed E-state index contributed by atoms with van der Waals surface area (Å²) >= 11 is 0. The number of carbonyl (C=O) groups is 1. The van der Waals surface area contributed by atoms with Crippen LogP contribution < -0.4 is 10.6 Å². The van der Waals surface area contributed by atoms with Gasteiger partial charge in [0.15, 0.2) is 0 Å². The Morgan fingerprint density at radius 2 is 1.88 bits per heavy atom. The fraction of sp³-hybridized carbons (Fsp3) is 0.316. The lowest BCUT2D eigenvalue weighted by Crippen LogP contribution is -2.38. The van der Waals surface area contributed by atoms with Crippen molar-refractivity contribution in [1.29, 1.82) is 0 Å². The van der Waals surface area contributed by atoms with Crippen molar-refractivity contribution >= 4 is 5.91 Å². The fourth-order valence-electron chi connectivity index (χ4n) is 2.57. The maximum absolute atomic E-state index is 13.4. The normalized spacial score (nSPS) is 15.1. The minimum absolute atomic E-state index is 0.122. The summed E-state index contributed by atoms with van der Waals surface area (Å²) in [6.07, 6.45) is 2.00. The summed E-state index contributed by atoms with van der Waals surface area (Å²) in [5.41, 5.74) is 2.16. The Bertz CT molecular complexity index is 727. The van der Waals surface area contributed by atoms with Crippen molar-refractivity contribution in [2.75, 3.05) is 0 Å². The Hall–Kier alpha value is -2.27. The first-order valence-corrected chi connectivity index (χ1v) is 8.07. The second-order valence-electron chi connectivity index (χ2n) is 6.23. The van der Waals surface area contributed by atoms with Crippen LogP contribution in [-0.2, 0) is 11.3 Å². The van der Waals surface area contributed by atoms with Crippen molar-refractivity contribution in [3.8, 4) is 0 Å². The molecule has 0 bridgehead atoms. The molecule has 1 amide bonds. The average molecular weight is 330 g/mol. The number of rotatable bonds is 6. The predicted molar refractivity (Wildman–Crippen MR) is 88.3 cm³/mol. The summed E-state index contributed by atoms with van der Waals surface area (Å²) in [6, 6.07) is 10.4. The van der Waals surface area contributed by atoms with Gasteiger partial charge in [0.2, 0.25) is 5.91 Å². The van der Waals surface area contributed by atoms with Crippen LogP contribution in [0.5, 0.6) is 0 Å². The van der Waals surface area contributed by atoms with Gasteiger partial charge in [0.1, 0.15) is 17.7 Å². The van der Waals surface area contributed by atoms with E-state index >= 15 is 0 Å². The van der Waals surface area contributed by atoms with Gasteiger partial charge in [-0.3, -0.25) is 10.1 Å². The summed E-state index contributed by atoms with van der Waals surface area (Å²) in [7, 11) is 0. The highest BCUT2D eigenvalue weighted by Crippen LogP contribution is 2.22. The first-order valence-electron chi connectivity index (χ1n) is 8.07. The SMILES string of the molecule is Cc1cc(CN[C@H](C(=O)NC2CC2)c2ccc(F)cc2)ccc1F. The van der Waals surface area contributed by atoms with Gasteiger partial charge in [-0.25, -0.2) is 8.78 Å². The van der Waals surface area contributed by atoms with E-state index in [2.05, 4.69) is 10.6 Å². The van der Waals surface area contributed by atoms with Crippen molar-refractivity contribution in [3.05, 3.63) is 70.8 Å². The second-order valence-corrected chi connectivity index (χ2v) is 6.23. The van der Waals surface area contributed by atoms with Crippen LogP contribution in [0.4, 0.5) is 8.78 Å². The lowest BCUT2D eigenvalue weighted by molar-refractivity contribution is -0.123. The van der Waals surface area contributed by atoms with Crippen LogP contribution in [0.25, 0.3) is 0 Å². The molecule has 2 N–H and O–H groups in total. The molecular formula is C19H20F2N2O. The van der Waals surface area contributed by atoms with Crippen LogP contribution in [0.15, 0.2) is 42.5 Å². The molecule has 24 heavy (non-hydrogen) atoms. The van der Waals surface area contributed by atoms with Gasteiger partial charge in [-0.1, -0.05) is 24.3 Å². The number of carbonyl (C=O) groups excluding carboxylic acids is 1. The maximum Gasteiger partial charge on any atom is 0.241 e. The molecule has 0 spiro atoms. The van der Waals surface area contributed by atoms with Crippen molar-refractivity contribution in [2.24, 2.45) is 0 Å². The smallest absolute Gasteiger partial charge is 0.241 e. The molecule has 2 aromatic rings. The van der Waals surface area contributed by atoms with E-state index in [4.69, 9.17) is 0 Å². The van der Waals surface area contributed by atoms with Gasteiger partial charge in [0.05, 0.1) is 0 Å². The summed E-state index contributed by atoms with van der Waals surface area (Å²) in [4.78, 5) is 12.5. The van der Waals surface area contributed by atoms with E-state index in [1.54, 1.807) is 31.2 Å². The van der Waals surface area contributed by atoms with Crippen LogP contribution in [0, 0.1) is 18.6 Å². The molecule has 0 heterocycles. The van der Waals surface area contributed by atoms with E-state index in [9.17, 15) is 13.6 Å². The zero-order chi connectivity index (χ0) is 17.1. The first kappa shape index (κ1) is 16.6. The van der Waals surface area contributed by atoms with Gasteiger partial charge in [-0.05, 0) is 54.7 Å². The van der Waals surface area contributed by atoms with Crippen LogP contribution >= 0.6 is 0 Å². The highest BCUT2D eigenvalue weighted by atomic mass is 19.1. The standard InChI is InChI=1S/C19H20F2N2O/c1-12-10-13(2-9-17(12)21)11-22-18(19(24)23-16-7-8-16)14-3-5-15(20)6-4-14/h2-6,9-10,16,18,22H,7-8,11H2,1H3,(H,23,24)/t18-/m0/s1. The molecule has 1 fully saturated rings. The Morgan fingerprint density at radius 3 is 2.50 bits per heavy atom. The van der Waals surface area contributed by atoms with Crippen LogP contribution in [0.1, 0.15) is 35.6 Å². The van der Waals surface area contributed by atoms with E-state index in [1.807, 2.05) is 0 Å². The van der Waals surface area contributed by atoms with E-state index in [-0.39, 0.29) is 23.6 Å². The lowest BCUT2D eigenvalue weighted by Gasteiger charge is -2.19. The Labute approximate surface area is 140 Å². The molecule has 0 unspecified atom stereocenters. The number of nitrogens with one attached hydrogen (secondary N) is 2. The van der Waals surface area contributed by atoms with Gasteiger partial charge < -0.3 is 5.32 Å². The van der Waals surface area contributed by atoms with Crippen LogP contribution in [-0.4, -0.2) is 11.9 Å². The van der Waals surface area contributed by atoms with Crippen LogP contribution in [0.3, 0.4) is 0 Å². The lowest BCUT2D eigenvalue weighted by atomic mass is 10.0. The second kappa shape index (κ2) is 7.09. The molecule has 0 saturated heterocycles. The Morgan fingerprint density at radius 1 is 1.17 bits per heavy atom. The van der Waals surface area contributed by atoms with Crippen molar-refractivity contribution < 1.29 is 13.6 Å². The van der Waals surface area contributed by atoms with E-state index in [1.165, 1.54) is 18.2 Å². The zero-order valence-corrected chi connectivity index (χ0v) is 13.5. The maximum atomic E-state index is 13.4. The topological polar surface area (TPSA) is 41.1 Å². The molecule has 5 heteroatoms. The quantitative estimate of drug-likeness (QED) is 0.852. The number of hydrogen-bond donors (Lipinski definition) is 2. The van der Waals surface area contributed by atoms with Crippen molar-refractivity contribution in [3.63, 3.8) is 0 Å². The zero-order valence-electron chi connectivity index (χ0n) is 13.5. The third-order valence-corrected chi connectivity index (χ3v) is 4.12. The molecule has 0 radical (unpaired) electrons. The minimum atomic E-state index is -0.573. The van der Waals surface area contributed by atoms with Crippen molar-refractivity contribution in [2.45, 2.75) is 38.4 Å². The summed E-state index contributed by atoms with van der Waals surface area (Å²) < 4.78 is 26.5. The van der Waals surface area contributed by atoms with Crippen LogP contribution in [0.2, 0.25) is 0 Å². The third-order valence-electron chi connectivity index (χ3n) is 4.12. The molecule has 1 saturated carbocycles. The molecule has 1 aliphatic rings. The number of benzene rings is 2. The van der Waals surface area contributed by atoms with Gasteiger partial charge in [-0.2, -0.15) is 0 Å². The number of hydrogen-bond acceptors (Lipinski definition) is 2. The Balaban J connectivity index is 1.74. The fourth-order valence-corrected chi connectivity index (χ4v) is 2.57. The van der Waals surface area contributed by atoms with Gasteiger partial charge in [0.25, 0.3) is 0 Å². The van der Waals surface area contributed by atoms with E-state index < -0.39 is 6.04 Å². The molecule has 0 aromatic heterocycles. The summed E-state index contributed by atoms with van der Waals surface area (Å²) in [6.45, 7) is 2.12. The number of halogens is 2. The third kappa shape index (κ3) is 4.17. The highest BCUT2D eigenvalue weighted by Gasteiger charge is 2.28. The van der Waals surface area contributed by atoms with Gasteiger partial charge in [0, 0.05) is 12.6 Å². The average Bonchev–Trinajstić information content (AvgIpc) is 3.36. The molecular weight excluding hydrogens is 310 g/mol. The highest BCUT2D eigenvalue weighted by molar-refractivity contribution is 5.83. The largest absolute Gasteiger partial charge is 0.352 e. The summed E-state index contributed by atoms with van der Waals surface area (Å²) in [5.74, 6) is -0.711. The van der Waals surface area contributed by atoms with Crippen molar-refractivity contribution in [1.82, 2.24) is 10.6 Å².